The van der Waals surface area contributed by atoms with Crippen molar-refractivity contribution < 1.29 is 38.3 Å². The molecule has 0 bridgehead atoms. The van der Waals surface area contributed by atoms with E-state index in [1.54, 1.807) is 34.0 Å². The Bertz CT molecular complexity index is 1160. The van der Waals surface area contributed by atoms with Gasteiger partial charge in [0.25, 0.3) is 11.8 Å². The average molecular weight is 670 g/mol. The van der Waals surface area contributed by atoms with Crippen LogP contribution in [0.15, 0.2) is 46.7 Å². The Labute approximate surface area is 273 Å². The third-order valence-corrected chi connectivity index (χ3v) is 4.66. The zero-order valence-electron chi connectivity index (χ0n) is 27.0. The summed E-state index contributed by atoms with van der Waals surface area (Å²) in [6.45, 7) is 16.2. The van der Waals surface area contributed by atoms with E-state index in [1.807, 2.05) is 0 Å². The molecule has 0 radical (unpaired) electrons. The van der Waals surface area contributed by atoms with Crippen molar-refractivity contribution in [1.29, 1.82) is 0 Å². The van der Waals surface area contributed by atoms with Gasteiger partial charge in [-0.05, 0) is 57.1 Å². The van der Waals surface area contributed by atoms with Gasteiger partial charge in [-0.25, -0.2) is 29.7 Å². The standard InChI is InChI=1S/C6H9NO2.C6H7NO.C5H6ClN3.C4H6O3.C3H6O.C2H3NO.C2H3NS/c1-5-3-4-6(8)7(5)9-2;1-5-3-4-6(8)7(5)2;1-3-7-4(2)9-5(6)8-3;1-3(5)7-4(2)6;1-3-2-4-3;2*1-3-2-4/h1,3-4H2,2H3;3-4H,1H2,2H3;1-2H3;1-2H3;3H,2H2,1H3;2*1H3. The van der Waals surface area contributed by atoms with Crippen LogP contribution in [-0.2, 0) is 38.3 Å². The highest BCUT2D eigenvalue weighted by Gasteiger charge is 2.23. The van der Waals surface area contributed by atoms with Crippen molar-refractivity contribution in [3.05, 3.63) is 53.6 Å². The highest BCUT2D eigenvalue weighted by Crippen LogP contribution is 2.19. The van der Waals surface area contributed by atoms with E-state index >= 15 is 0 Å². The molecule has 248 valence electrons. The fourth-order valence-electron chi connectivity index (χ4n) is 2.27. The molecule has 15 nitrogen and oxygen atoms in total. The predicted octanol–water partition coefficient (Wildman–Crippen LogP) is 3.53. The first-order valence-electron chi connectivity index (χ1n) is 12.8. The molecule has 2 fully saturated rings. The van der Waals surface area contributed by atoms with Crippen molar-refractivity contribution in [3.8, 4) is 0 Å². The van der Waals surface area contributed by atoms with E-state index < -0.39 is 11.9 Å². The number of esters is 2. The van der Waals surface area contributed by atoms with Crippen LogP contribution in [0, 0.1) is 13.8 Å². The molecule has 0 N–H and O–H groups in total. The molecule has 0 spiro atoms. The van der Waals surface area contributed by atoms with Crippen molar-refractivity contribution in [2.24, 2.45) is 9.98 Å². The molecule has 0 aliphatic carbocycles. The van der Waals surface area contributed by atoms with Crippen LogP contribution >= 0.6 is 23.8 Å². The fourth-order valence-corrected chi connectivity index (χ4v) is 2.51. The number of isothiocyanates is 1. The highest BCUT2D eigenvalue weighted by atomic mass is 35.5. The number of ether oxygens (including phenoxy) is 2. The smallest absolute Gasteiger partial charge is 0.310 e. The number of isocyanates is 1. The van der Waals surface area contributed by atoms with Crippen LogP contribution in [0.5, 0.6) is 0 Å². The van der Waals surface area contributed by atoms with Gasteiger partial charge in [-0.3, -0.25) is 24.0 Å². The second-order valence-corrected chi connectivity index (χ2v) is 8.74. The van der Waals surface area contributed by atoms with Crippen LogP contribution in [-0.4, -0.2) is 101 Å². The lowest BCUT2D eigenvalue weighted by Crippen LogP contribution is -2.20. The average Bonchev–Trinajstić information content (AvgIpc) is 3.61. The predicted molar refractivity (Wildman–Crippen MR) is 170 cm³/mol. The normalized spacial score (nSPS) is 14.6. The molecule has 1 atom stereocenters. The van der Waals surface area contributed by atoms with Gasteiger partial charge in [0.2, 0.25) is 11.4 Å². The molecule has 1 aromatic heterocycles. The number of rotatable bonds is 1. The third kappa shape index (κ3) is 28.2. The quantitative estimate of drug-likeness (QED) is 0.106. The molecule has 4 rings (SSSR count). The van der Waals surface area contributed by atoms with E-state index in [-0.39, 0.29) is 17.1 Å². The number of aryl methyl sites for hydroxylation is 2. The number of hydroxylamine groups is 2. The minimum atomic E-state index is -0.562. The van der Waals surface area contributed by atoms with Crippen molar-refractivity contribution >= 4 is 58.8 Å². The zero-order valence-corrected chi connectivity index (χ0v) is 28.5. The number of allylic oxidation sites excluding steroid dienone is 2. The number of amides is 2. The van der Waals surface area contributed by atoms with E-state index in [0.29, 0.717) is 24.2 Å². The first-order chi connectivity index (χ1) is 21.0. The number of likely N-dealkylation sites (N-methyl/N-ethyl adjacent to an activating group) is 1. The topological polar surface area (TPSA) is 186 Å². The van der Waals surface area contributed by atoms with E-state index in [2.05, 4.69) is 67.1 Å². The van der Waals surface area contributed by atoms with E-state index in [0.717, 1.165) is 24.4 Å². The number of aliphatic imine (C=N–C) groups is 2. The summed E-state index contributed by atoms with van der Waals surface area (Å²) in [5.74, 6) is 0.206. The Kier molecular flexibility index (Phi) is 27.3. The summed E-state index contributed by atoms with van der Waals surface area (Å²) < 4.78 is 8.68. The molecule has 17 heteroatoms. The monoisotopic (exact) mass is 669 g/mol. The van der Waals surface area contributed by atoms with E-state index in [4.69, 9.17) is 26.0 Å². The van der Waals surface area contributed by atoms with Gasteiger partial charge in [0.15, 0.2) is 0 Å². The van der Waals surface area contributed by atoms with Gasteiger partial charge in [-0.15, -0.1) is 0 Å². The molecule has 4 heterocycles. The summed E-state index contributed by atoms with van der Waals surface area (Å²) >= 11 is 9.62. The summed E-state index contributed by atoms with van der Waals surface area (Å²) in [5.41, 5.74) is 1.51. The summed E-state index contributed by atoms with van der Waals surface area (Å²) in [4.78, 5) is 73.8. The summed E-state index contributed by atoms with van der Waals surface area (Å²) in [7, 11) is 6.14. The molecular weight excluding hydrogens is 630 g/mol. The van der Waals surface area contributed by atoms with Crippen LogP contribution in [0.25, 0.3) is 0 Å². The van der Waals surface area contributed by atoms with Gasteiger partial charge in [0, 0.05) is 58.9 Å². The van der Waals surface area contributed by atoms with Gasteiger partial charge in [-0.1, -0.05) is 13.2 Å². The Morgan fingerprint density at radius 1 is 1.07 bits per heavy atom. The lowest BCUT2D eigenvalue weighted by Gasteiger charge is -2.11. The number of carbonyl (C=O) groups is 4. The molecule has 0 saturated carbocycles. The van der Waals surface area contributed by atoms with Crippen LogP contribution < -0.4 is 0 Å². The molecule has 1 unspecified atom stereocenters. The number of halogens is 1. The lowest BCUT2D eigenvalue weighted by atomic mass is 10.3. The minimum Gasteiger partial charge on any atom is -0.394 e. The molecule has 2 amide bonds. The minimum absolute atomic E-state index is 0.00231. The second kappa shape index (κ2) is 27.3. The van der Waals surface area contributed by atoms with Crippen molar-refractivity contribution in [2.45, 2.75) is 53.6 Å². The van der Waals surface area contributed by atoms with Crippen molar-refractivity contribution in [2.75, 3.05) is 34.9 Å². The largest absolute Gasteiger partial charge is 0.394 e. The fraction of sp³-hybridized carbons (Fsp3) is 0.464. The van der Waals surface area contributed by atoms with Crippen molar-refractivity contribution in [3.63, 3.8) is 0 Å². The van der Waals surface area contributed by atoms with Crippen LogP contribution in [0.2, 0.25) is 5.28 Å². The summed E-state index contributed by atoms with van der Waals surface area (Å²) in [5, 5.41) is 3.64. The number of hydrogen-bond acceptors (Lipinski definition) is 14. The number of carbonyl (C=O) groups excluding carboxylic acids is 5. The number of aromatic nitrogens is 3. The summed E-state index contributed by atoms with van der Waals surface area (Å²) in [6, 6.07) is 0. The number of epoxide rings is 1. The SMILES string of the molecule is C=C1C=CC(=O)N1C.C=C1CCC(=O)N1OC.CC(=O)OC(C)=O.CC1CO1.CN=C=O.CN=C=S.Cc1nc(C)nc(Cl)n1. The van der Waals surface area contributed by atoms with Gasteiger partial charge >= 0.3 is 11.9 Å². The Morgan fingerprint density at radius 3 is 1.64 bits per heavy atom. The van der Waals surface area contributed by atoms with Gasteiger partial charge in [0.05, 0.1) is 25.0 Å². The molecule has 1 aromatic rings. The first-order valence-corrected chi connectivity index (χ1v) is 13.6. The number of hydrogen-bond donors (Lipinski definition) is 0. The maximum Gasteiger partial charge on any atom is 0.310 e. The Morgan fingerprint density at radius 2 is 1.51 bits per heavy atom. The molecule has 45 heavy (non-hydrogen) atoms. The zero-order chi connectivity index (χ0) is 35.5. The second-order valence-electron chi connectivity index (χ2n) is 8.22. The van der Waals surface area contributed by atoms with E-state index in [1.165, 1.54) is 50.1 Å². The van der Waals surface area contributed by atoms with Crippen LogP contribution in [0.1, 0.15) is 45.3 Å². The Hall–Kier alpha value is -4.30. The lowest BCUT2D eigenvalue weighted by molar-refractivity contribution is -0.159. The molecule has 2 saturated heterocycles. The van der Waals surface area contributed by atoms with Crippen LogP contribution in [0.4, 0.5) is 0 Å². The van der Waals surface area contributed by atoms with Crippen LogP contribution in [0.3, 0.4) is 0 Å². The third-order valence-electron chi connectivity index (χ3n) is 4.31. The molecular formula is C28H40ClN7O8S. The van der Waals surface area contributed by atoms with Gasteiger partial charge < -0.3 is 14.4 Å². The molecule has 0 aromatic carbocycles. The highest BCUT2D eigenvalue weighted by molar-refractivity contribution is 7.78. The molecule has 3 aliphatic heterocycles. The van der Waals surface area contributed by atoms with Gasteiger partial charge in [-0.2, -0.15) is 5.06 Å². The molecule has 3 aliphatic rings. The number of thiocarbonyl (C=S) groups is 1. The Balaban J connectivity index is -0.000000470. The maximum atomic E-state index is 10.8. The maximum absolute atomic E-state index is 10.8. The first kappa shape index (κ1) is 45.1. The van der Waals surface area contributed by atoms with Gasteiger partial charge in [0.1, 0.15) is 11.6 Å². The van der Waals surface area contributed by atoms with Crippen molar-refractivity contribution in [1.82, 2.24) is 24.9 Å². The summed E-state index contributed by atoms with van der Waals surface area (Å²) in [6.07, 6.45) is 6.35. The number of nitrogens with zero attached hydrogens (tertiary/aromatic N) is 7. The van der Waals surface area contributed by atoms with E-state index in [9.17, 15) is 19.2 Å².